The number of anilines is 1. The smallest absolute Gasteiger partial charge is 0.337 e. The number of hydrogen-bond acceptors (Lipinski definition) is 7. The van der Waals surface area contributed by atoms with Gasteiger partial charge in [-0.1, -0.05) is 13.8 Å². The second-order valence-corrected chi connectivity index (χ2v) is 7.62. The third kappa shape index (κ3) is 4.34. The number of methoxy groups -OCH3 is 1. The molecule has 0 atom stereocenters. The molecular weight excluding hydrogens is 456 g/mol. The second kappa shape index (κ2) is 10.2. The summed E-state index contributed by atoms with van der Waals surface area (Å²) in [5.41, 5.74) is 9.92. The van der Waals surface area contributed by atoms with Crippen molar-refractivity contribution in [3.63, 3.8) is 0 Å². The molecule has 5 aromatic rings. The molecule has 0 aliphatic rings. The summed E-state index contributed by atoms with van der Waals surface area (Å²) in [7, 11) is 3.03. The molecule has 0 radical (unpaired) electrons. The molecule has 9 heteroatoms. The van der Waals surface area contributed by atoms with Gasteiger partial charge in [0, 0.05) is 25.1 Å². The van der Waals surface area contributed by atoms with Gasteiger partial charge in [-0.3, -0.25) is 9.36 Å². The van der Waals surface area contributed by atoms with Crippen molar-refractivity contribution < 1.29 is 9.53 Å². The fourth-order valence-corrected chi connectivity index (χ4v) is 3.80. The maximum atomic E-state index is 12.7. The minimum atomic E-state index is -0.431. The number of benzene rings is 1. The summed E-state index contributed by atoms with van der Waals surface area (Å²) in [6, 6.07) is 17.6. The number of nitrogens with two attached hydrogens (primary N) is 1. The summed E-state index contributed by atoms with van der Waals surface area (Å²) in [5.74, 6) is 0.429. The Labute approximate surface area is 207 Å². The van der Waals surface area contributed by atoms with E-state index in [1.165, 1.54) is 11.7 Å². The Morgan fingerprint density at radius 3 is 2.36 bits per heavy atom. The standard InChI is InChI=1S/C25H20N6O3.C2H6/c1-30-14-4-6-17(24(30)32)19-11-12-20-23(28-19)31(16-9-7-15(8-10-16)25(33)34-2)22(29-20)18-5-3-13-27-21(18)26;1-2/h3-14H,1-2H3,(H2,26,27);1-2H3. The number of aryl methyl sites for hydroxylation is 1. The monoisotopic (exact) mass is 482 g/mol. The molecule has 2 N–H and O–H groups in total. The summed E-state index contributed by atoms with van der Waals surface area (Å²) >= 11 is 0. The van der Waals surface area contributed by atoms with E-state index in [2.05, 4.69) is 4.98 Å². The Kier molecular flexibility index (Phi) is 6.91. The van der Waals surface area contributed by atoms with Gasteiger partial charge in [0.15, 0.2) is 11.5 Å². The highest BCUT2D eigenvalue weighted by atomic mass is 16.5. The SMILES string of the molecule is CC.COC(=O)c1ccc(-n2c(-c3cccnc3N)nc3ccc(-c4cccn(C)c4=O)nc32)cc1. The zero-order chi connectivity index (χ0) is 25.8. The highest BCUT2D eigenvalue weighted by Crippen LogP contribution is 2.31. The van der Waals surface area contributed by atoms with Crippen LogP contribution in [-0.2, 0) is 11.8 Å². The molecule has 0 unspecified atom stereocenters. The van der Waals surface area contributed by atoms with Gasteiger partial charge in [-0.2, -0.15) is 0 Å². The lowest BCUT2D eigenvalue weighted by atomic mass is 10.2. The van der Waals surface area contributed by atoms with Crippen molar-refractivity contribution in [2.24, 2.45) is 7.05 Å². The van der Waals surface area contributed by atoms with E-state index in [0.717, 1.165) is 0 Å². The average Bonchev–Trinajstić information content (AvgIpc) is 3.29. The average molecular weight is 483 g/mol. The number of nitrogens with zero attached hydrogens (tertiary/aromatic N) is 5. The highest BCUT2D eigenvalue weighted by molar-refractivity contribution is 5.90. The predicted octanol–water partition coefficient (Wildman–Crippen LogP) is 4.24. The molecule has 1 aromatic carbocycles. The lowest BCUT2D eigenvalue weighted by Crippen LogP contribution is -2.17. The van der Waals surface area contributed by atoms with E-state index in [1.807, 2.05) is 30.5 Å². The van der Waals surface area contributed by atoms with Crippen LogP contribution in [0.5, 0.6) is 0 Å². The molecule has 5 rings (SSSR count). The van der Waals surface area contributed by atoms with Crippen molar-refractivity contribution in [2.45, 2.75) is 13.8 Å². The summed E-state index contributed by atoms with van der Waals surface area (Å²) < 4.78 is 8.14. The van der Waals surface area contributed by atoms with Crippen LogP contribution in [0, 0.1) is 0 Å². The number of rotatable bonds is 4. The Morgan fingerprint density at radius 2 is 1.67 bits per heavy atom. The predicted molar refractivity (Wildman–Crippen MR) is 140 cm³/mol. The quantitative estimate of drug-likeness (QED) is 0.381. The molecule has 0 bridgehead atoms. The summed E-state index contributed by atoms with van der Waals surface area (Å²) in [6.07, 6.45) is 3.30. The number of aromatic nitrogens is 5. The van der Waals surface area contributed by atoms with Crippen LogP contribution in [0.1, 0.15) is 24.2 Å². The molecule has 9 nitrogen and oxygen atoms in total. The third-order valence-electron chi connectivity index (χ3n) is 5.53. The zero-order valence-corrected chi connectivity index (χ0v) is 20.5. The van der Waals surface area contributed by atoms with Gasteiger partial charge in [0.25, 0.3) is 5.56 Å². The van der Waals surface area contributed by atoms with Gasteiger partial charge in [-0.15, -0.1) is 0 Å². The minimum Gasteiger partial charge on any atom is -0.465 e. The normalized spacial score (nSPS) is 10.6. The van der Waals surface area contributed by atoms with E-state index in [4.69, 9.17) is 20.4 Å². The van der Waals surface area contributed by atoms with Crippen molar-refractivity contribution in [1.82, 2.24) is 24.1 Å². The summed E-state index contributed by atoms with van der Waals surface area (Å²) in [6.45, 7) is 4.00. The van der Waals surface area contributed by atoms with Gasteiger partial charge in [0.1, 0.15) is 11.3 Å². The Hall–Kier alpha value is -4.79. The van der Waals surface area contributed by atoms with Gasteiger partial charge < -0.3 is 15.0 Å². The number of hydrogen-bond donors (Lipinski definition) is 1. The molecule has 0 saturated heterocycles. The number of esters is 1. The first-order chi connectivity index (χ1) is 17.5. The zero-order valence-electron chi connectivity index (χ0n) is 20.5. The van der Waals surface area contributed by atoms with Crippen molar-refractivity contribution in [3.05, 3.63) is 89.0 Å². The lowest BCUT2D eigenvalue weighted by Gasteiger charge is -2.11. The number of carbonyl (C=O) groups is 1. The van der Waals surface area contributed by atoms with Crippen LogP contribution < -0.4 is 11.3 Å². The maximum Gasteiger partial charge on any atom is 0.337 e. The van der Waals surface area contributed by atoms with E-state index in [1.54, 1.807) is 68.0 Å². The van der Waals surface area contributed by atoms with E-state index in [-0.39, 0.29) is 5.56 Å². The van der Waals surface area contributed by atoms with Gasteiger partial charge in [-0.05, 0) is 60.7 Å². The van der Waals surface area contributed by atoms with E-state index >= 15 is 0 Å². The summed E-state index contributed by atoms with van der Waals surface area (Å²) in [4.78, 5) is 38.4. The fraction of sp³-hybridized carbons (Fsp3) is 0.148. The molecule has 0 saturated carbocycles. The topological polar surface area (TPSA) is 118 Å². The first-order valence-corrected chi connectivity index (χ1v) is 11.4. The van der Waals surface area contributed by atoms with Gasteiger partial charge >= 0.3 is 5.97 Å². The first-order valence-electron chi connectivity index (χ1n) is 11.4. The molecule has 0 aliphatic heterocycles. The number of pyridine rings is 3. The van der Waals surface area contributed by atoms with Crippen molar-refractivity contribution in [2.75, 3.05) is 12.8 Å². The van der Waals surface area contributed by atoms with Crippen LogP contribution in [-0.4, -0.2) is 37.2 Å². The van der Waals surface area contributed by atoms with Crippen LogP contribution in [0.3, 0.4) is 0 Å². The molecule has 4 heterocycles. The van der Waals surface area contributed by atoms with Crippen LogP contribution in [0.4, 0.5) is 5.82 Å². The maximum absolute atomic E-state index is 12.7. The number of nitrogen functional groups attached to an aromatic ring is 1. The van der Waals surface area contributed by atoms with Crippen LogP contribution >= 0.6 is 0 Å². The van der Waals surface area contributed by atoms with Crippen molar-refractivity contribution >= 4 is 23.0 Å². The lowest BCUT2D eigenvalue weighted by molar-refractivity contribution is 0.0600. The Balaban J connectivity index is 0.00000148. The van der Waals surface area contributed by atoms with Gasteiger partial charge in [0.05, 0.1) is 29.5 Å². The first kappa shape index (κ1) is 24.3. The van der Waals surface area contributed by atoms with E-state index < -0.39 is 5.97 Å². The van der Waals surface area contributed by atoms with E-state index in [9.17, 15) is 9.59 Å². The fourth-order valence-electron chi connectivity index (χ4n) is 3.80. The van der Waals surface area contributed by atoms with E-state index in [0.29, 0.717) is 50.9 Å². The number of fused-ring (bicyclic) bond motifs is 1. The third-order valence-corrected chi connectivity index (χ3v) is 5.53. The number of ether oxygens (including phenoxy) is 1. The Morgan fingerprint density at radius 1 is 0.944 bits per heavy atom. The second-order valence-electron chi connectivity index (χ2n) is 7.62. The summed E-state index contributed by atoms with van der Waals surface area (Å²) in [5, 5.41) is 0. The molecule has 36 heavy (non-hydrogen) atoms. The van der Waals surface area contributed by atoms with Crippen molar-refractivity contribution in [1.29, 1.82) is 0 Å². The van der Waals surface area contributed by atoms with Crippen LogP contribution in [0.15, 0.2) is 77.9 Å². The molecule has 0 spiro atoms. The van der Waals surface area contributed by atoms with Gasteiger partial charge in [-0.25, -0.2) is 19.7 Å². The largest absolute Gasteiger partial charge is 0.465 e. The van der Waals surface area contributed by atoms with Crippen molar-refractivity contribution in [3.8, 4) is 28.3 Å². The molecule has 0 amide bonds. The van der Waals surface area contributed by atoms with Crippen LogP contribution in [0.25, 0.3) is 39.5 Å². The number of carbonyl (C=O) groups excluding carboxylic acids is 1. The minimum absolute atomic E-state index is 0.153. The number of imidazole rings is 1. The molecule has 0 aliphatic carbocycles. The molecule has 0 fully saturated rings. The highest BCUT2D eigenvalue weighted by Gasteiger charge is 2.19. The molecular formula is C27H26N6O3. The van der Waals surface area contributed by atoms with Crippen LogP contribution in [0.2, 0.25) is 0 Å². The Bertz CT molecular complexity index is 1600. The molecule has 182 valence electrons. The molecule has 4 aromatic heterocycles. The van der Waals surface area contributed by atoms with Gasteiger partial charge in [0.2, 0.25) is 0 Å².